The number of benzene rings is 1. The molecule has 0 heterocycles. The molecular formula is C14H22BNO4. The summed E-state index contributed by atoms with van der Waals surface area (Å²) in [6, 6.07) is 6.76. The van der Waals surface area contributed by atoms with Crippen molar-refractivity contribution in [2.45, 2.75) is 45.8 Å². The summed E-state index contributed by atoms with van der Waals surface area (Å²) in [6.07, 6.45) is 0. The van der Waals surface area contributed by atoms with Crippen LogP contribution < -0.4 is 10.8 Å². The van der Waals surface area contributed by atoms with Gasteiger partial charge < -0.3 is 20.1 Å². The lowest BCUT2D eigenvalue weighted by molar-refractivity contribution is -0.114. The third-order valence-electron chi connectivity index (χ3n) is 3.37. The highest BCUT2D eigenvalue weighted by molar-refractivity contribution is 6.60. The molecule has 1 aromatic carbocycles. The zero-order valence-corrected chi connectivity index (χ0v) is 12.6. The predicted molar refractivity (Wildman–Crippen MR) is 79.8 cm³/mol. The van der Waals surface area contributed by atoms with E-state index in [1.165, 1.54) is 6.92 Å². The van der Waals surface area contributed by atoms with E-state index in [1.54, 1.807) is 52.0 Å². The third-order valence-corrected chi connectivity index (χ3v) is 3.37. The number of rotatable bonds is 5. The van der Waals surface area contributed by atoms with E-state index < -0.39 is 18.3 Å². The van der Waals surface area contributed by atoms with Crippen LogP contribution in [0.3, 0.4) is 0 Å². The molecule has 0 saturated heterocycles. The van der Waals surface area contributed by atoms with Gasteiger partial charge in [-0.3, -0.25) is 4.79 Å². The summed E-state index contributed by atoms with van der Waals surface area (Å²) in [5, 5.41) is 22.8. The predicted octanol–water partition coefficient (Wildman–Crippen LogP) is 0.899. The second kappa shape index (κ2) is 5.95. The first-order valence-electron chi connectivity index (χ1n) is 6.49. The highest BCUT2D eigenvalue weighted by atomic mass is 16.5. The average molecular weight is 279 g/mol. The van der Waals surface area contributed by atoms with Crippen LogP contribution >= 0.6 is 0 Å². The van der Waals surface area contributed by atoms with Gasteiger partial charge in [-0.1, -0.05) is 12.1 Å². The number of hydrogen-bond donors (Lipinski definition) is 3. The summed E-state index contributed by atoms with van der Waals surface area (Å²) in [4.78, 5) is 11.0. The Bertz CT molecular complexity index is 482. The van der Waals surface area contributed by atoms with Crippen molar-refractivity contribution in [2.24, 2.45) is 0 Å². The Labute approximate surface area is 120 Å². The van der Waals surface area contributed by atoms with E-state index in [1.807, 2.05) is 0 Å². The number of hydrogen-bond acceptors (Lipinski definition) is 4. The molecule has 0 saturated carbocycles. The quantitative estimate of drug-likeness (QED) is 0.700. The monoisotopic (exact) mass is 279 g/mol. The van der Waals surface area contributed by atoms with Gasteiger partial charge in [-0.25, -0.2) is 0 Å². The molecule has 0 aliphatic heterocycles. The Morgan fingerprint density at radius 2 is 1.90 bits per heavy atom. The number of carbonyl (C=O) groups excluding carboxylic acids is 1. The van der Waals surface area contributed by atoms with Crippen LogP contribution in [0.1, 0.15) is 34.6 Å². The molecule has 1 aromatic rings. The summed E-state index contributed by atoms with van der Waals surface area (Å²) in [7, 11) is -1.19. The Balaban J connectivity index is 2.87. The van der Waals surface area contributed by atoms with Crippen molar-refractivity contribution in [2.75, 3.05) is 5.32 Å². The van der Waals surface area contributed by atoms with Crippen molar-refractivity contribution in [1.82, 2.24) is 0 Å². The summed E-state index contributed by atoms with van der Waals surface area (Å²) < 4.78 is 5.54. The second-order valence-corrected chi connectivity index (χ2v) is 5.85. The van der Waals surface area contributed by atoms with Gasteiger partial charge in [-0.15, -0.1) is 0 Å². The van der Waals surface area contributed by atoms with Gasteiger partial charge in [-0.2, -0.15) is 0 Å². The van der Waals surface area contributed by atoms with Gasteiger partial charge >= 0.3 is 7.12 Å². The van der Waals surface area contributed by atoms with Crippen LogP contribution in [0.25, 0.3) is 0 Å². The Morgan fingerprint density at radius 3 is 2.40 bits per heavy atom. The largest absolute Gasteiger partial charge is 0.491 e. The number of amides is 1. The highest BCUT2D eigenvalue weighted by Gasteiger charge is 2.39. The van der Waals surface area contributed by atoms with Gasteiger partial charge in [0.15, 0.2) is 0 Å². The van der Waals surface area contributed by atoms with Crippen LogP contribution in [-0.4, -0.2) is 34.4 Å². The van der Waals surface area contributed by atoms with Crippen LogP contribution in [0, 0.1) is 0 Å². The van der Waals surface area contributed by atoms with Gasteiger partial charge in [0.25, 0.3) is 0 Å². The van der Waals surface area contributed by atoms with E-state index in [2.05, 4.69) is 5.32 Å². The van der Waals surface area contributed by atoms with E-state index in [0.29, 0.717) is 11.2 Å². The van der Waals surface area contributed by atoms with Crippen LogP contribution in [0.15, 0.2) is 24.3 Å². The molecule has 0 radical (unpaired) electrons. The molecule has 0 spiro atoms. The van der Waals surface area contributed by atoms with Crippen LogP contribution in [0.4, 0.5) is 5.69 Å². The normalized spacial score (nSPS) is 12.2. The Kier molecular flexibility index (Phi) is 4.97. The summed E-state index contributed by atoms with van der Waals surface area (Å²) >= 11 is 0. The van der Waals surface area contributed by atoms with E-state index in [-0.39, 0.29) is 5.91 Å². The highest BCUT2D eigenvalue weighted by Crippen LogP contribution is 2.25. The summed E-state index contributed by atoms with van der Waals surface area (Å²) in [6.45, 7) is 8.06. The molecule has 1 rings (SSSR count). The lowest BCUT2D eigenvalue weighted by Crippen LogP contribution is -2.53. The van der Waals surface area contributed by atoms with Gasteiger partial charge in [0.2, 0.25) is 5.91 Å². The number of nitrogens with one attached hydrogen (secondary N) is 1. The Morgan fingerprint density at radius 1 is 1.30 bits per heavy atom. The smallest absolute Gasteiger partial charge is 0.423 e. The minimum atomic E-state index is -1.19. The van der Waals surface area contributed by atoms with Crippen LogP contribution in [0.2, 0.25) is 0 Å². The standard InChI is InChI=1S/C14H22BNO4/c1-10(17)16-12-8-6-7-11(9-12)15(19)20-14(4,5)13(2,3)18/h6-9,18-19H,1-5H3,(H,16,17). The van der Waals surface area contributed by atoms with Crippen molar-refractivity contribution < 1.29 is 19.6 Å². The van der Waals surface area contributed by atoms with Gasteiger partial charge in [0.05, 0.1) is 11.2 Å². The van der Waals surface area contributed by atoms with Crippen molar-refractivity contribution in [3.63, 3.8) is 0 Å². The van der Waals surface area contributed by atoms with Gasteiger partial charge in [0, 0.05) is 12.6 Å². The fourth-order valence-electron chi connectivity index (χ4n) is 1.46. The van der Waals surface area contributed by atoms with E-state index >= 15 is 0 Å². The number of carbonyl (C=O) groups is 1. The molecule has 3 N–H and O–H groups in total. The maximum Gasteiger partial charge on any atom is 0.491 e. The third kappa shape index (κ3) is 4.33. The molecule has 5 nitrogen and oxygen atoms in total. The van der Waals surface area contributed by atoms with Crippen molar-refractivity contribution >= 4 is 24.2 Å². The second-order valence-electron chi connectivity index (χ2n) is 5.85. The maximum atomic E-state index is 11.0. The van der Waals surface area contributed by atoms with Crippen molar-refractivity contribution in [3.8, 4) is 0 Å². The van der Waals surface area contributed by atoms with Gasteiger partial charge in [-0.05, 0) is 45.3 Å². The topological polar surface area (TPSA) is 78.8 Å². The first kappa shape index (κ1) is 16.7. The fourth-order valence-corrected chi connectivity index (χ4v) is 1.46. The molecule has 6 heteroatoms. The van der Waals surface area contributed by atoms with E-state index in [4.69, 9.17) is 4.65 Å². The van der Waals surface area contributed by atoms with Crippen LogP contribution in [0.5, 0.6) is 0 Å². The van der Waals surface area contributed by atoms with E-state index in [0.717, 1.165) is 0 Å². The average Bonchev–Trinajstić information content (AvgIpc) is 2.26. The zero-order chi connectivity index (χ0) is 15.6. The molecule has 0 aliphatic rings. The number of aliphatic hydroxyl groups is 1. The molecule has 0 aromatic heterocycles. The summed E-state index contributed by atoms with van der Waals surface area (Å²) in [5.41, 5.74) is -0.952. The first-order valence-corrected chi connectivity index (χ1v) is 6.49. The van der Waals surface area contributed by atoms with E-state index in [9.17, 15) is 14.9 Å². The van der Waals surface area contributed by atoms with Crippen LogP contribution in [-0.2, 0) is 9.45 Å². The molecule has 0 unspecified atom stereocenters. The van der Waals surface area contributed by atoms with Crippen molar-refractivity contribution in [1.29, 1.82) is 0 Å². The Hall–Kier alpha value is -1.37. The first-order chi connectivity index (χ1) is 9.03. The number of anilines is 1. The zero-order valence-electron chi connectivity index (χ0n) is 12.6. The molecule has 0 atom stereocenters. The van der Waals surface area contributed by atoms with Crippen molar-refractivity contribution in [3.05, 3.63) is 24.3 Å². The maximum absolute atomic E-state index is 11.0. The molecule has 0 aliphatic carbocycles. The molecule has 0 bridgehead atoms. The SMILES string of the molecule is CC(=O)Nc1cccc(B(O)OC(C)(C)C(C)(C)O)c1. The van der Waals surface area contributed by atoms with Gasteiger partial charge in [0.1, 0.15) is 0 Å². The lowest BCUT2D eigenvalue weighted by atomic mass is 9.76. The molecule has 0 fully saturated rings. The molecule has 110 valence electrons. The molecule has 20 heavy (non-hydrogen) atoms. The minimum Gasteiger partial charge on any atom is -0.423 e. The molecular weight excluding hydrogens is 257 g/mol. The molecule has 1 amide bonds. The lowest BCUT2D eigenvalue weighted by Gasteiger charge is -2.38. The fraction of sp³-hybridized carbons (Fsp3) is 0.500. The minimum absolute atomic E-state index is 0.186. The summed E-state index contributed by atoms with van der Waals surface area (Å²) in [5.74, 6) is -0.186.